The average molecular weight is 334 g/mol. The van der Waals surface area contributed by atoms with E-state index in [9.17, 15) is 19.6 Å². The van der Waals surface area contributed by atoms with Crippen molar-refractivity contribution < 1.29 is 14.4 Å². The Balaban J connectivity index is 1.64. The second-order valence-corrected chi connectivity index (χ2v) is 6.10. The van der Waals surface area contributed by atoms with Crippen LogP contribution in [-0.4, -0.2) is 43.9 Å². The van der Waals surface area contributed by atoms with Crippen LogP contribution in [0.5, 0.6) is 0 Å². The van der Waals surface area contributed by atoms with Crippen molar-refractivity contribution in [3.05, 3.63) is 57.7 Å². The van der Waals surface area contributed by atoms with E-state index in [1.165, 1.54) is 16.9 Å². The number of halogens is 1. The predicted molar refractivity (Wildman–Crippen MR) is 85.0 cm³/mol. The molecule has 128 valence electrons. The molecule has 1 N–H and O–H groups in total. The molecule has 8 heteroatoms. The number of aromatic nitrogens is 2. The van der Waals surface area contributed by atoms with Gasteiger partial charge in [0, 0.05) is 19.1 Å². The van der Waals surface area contributed by atoms with Crippen LogP contribution in [0.4, 0.5) is 10.1 Å². The number of aliphatic hydroxyl groups excluding tert-OH is 1. The van der Waals surface area contributed by atoms with Crippen molar-refractivity contribution in [3.8, 4) is 0 Å². The third-order valence-corrected chi connectivity index (χ3v) is 4.45. The SMILES string of the molecule is C[C@H]1c2cc(F)ccc2CCN1C[C@@H](O)Cn1cc([N+](=O)[O-])cn1. The maximum absolute atomic E-state index is 13.5. The molecule has 0 radical (unpaired) electrons. The van der Waals surface area contributed by atoms with Gasteiger partial charge >= 0.3 is 5.69 Å². The van der Waals surface area contributed by atoms with Gasteiger partial charge in [-0.2, -0.15) is 5.10 Å². The molecule has 0 bridgehead atoms. The van der Waals surface area contributed by atoms with E-state index in [1.807, 2.05) is 13.0 Å². The second-order valence-electron chi connectivity index (χ2n) is 6.10. The lowest BCUT2D eigenvalue weighted by Gasteiger charge is -2.36. The van der Waals surface area contributed by atoms with Gasteiger partial charge in [0.2, 0.25) is 0 Å². The first-order valence-electron chi connectivity index (χ1n) is 7.81. The van der Waals surface area contributed by atoms with Crippen molar-refractivity contribution in [1.82, 2.24) is 14.7 Å². The van der Waals surface area contributed by atoms with Gasteiger partial charge in [-0.3, -0.25) is 19.7 Å². The van der Waals surface area contributed by atoms with E-state index in [0.717, 1.165) is 30.3 Å². The Morgan fingerprint density at radius 3 is 3.00 bits per heavy atom. The molecule has 1 aromatic heterocycles. The molecule has 7 nitrogen and oxygen atoms in total. The molecule has 2 atom stereocenters. The van der Waals surface area contributed by atoms with Gasteiger partial charge in [0.05, 0.1) is 17.6 Å². The van der Waals surface area contributed by atoms with Gasteiger partial charge in [0.25, 0.3) is 0 Å². The van der Waals surface area contributed by atoms with E-state index in [4.69, 9.17) is 0 Å². The summed E-state index contributed by atoms with van der Waals surface area (Å²) in [5.41, 5.74) is 1.98. The molecule has 1 aromatic carbocycles. The normalized spacial score (nSPS) is 19.0. The van der Waals surface area contributed by atoms with Crippen LogP contribution in [0.3, 0.4) is 0 Å². The van der Waals surface area contributed by atoms with Gasteiger partial charge < -0.3 is 5.11 Å². The topological polar surface area (TPSA) is 84.4 Å². The maximum atomic E-state index is 13.5. The van der Waals surface area contributed by atoms with Crippen LogP contribution in [0.25, 0.3) is 0 Å². The van der Waals surface area contributed by atoms with Crippen molar-refractivity contribution in [3.63, 3.8) is 0 Å². The summed E-state index contributed by atoms with van der Waals surface area (Å²) in [6, 6.07) is 4.85. The van der Waals surface area contributed by atoms with Crippen molar-refractivity contribution in [2.75, 3.05) is 13.1 Å². The highest BCUT2D eigenvalue weighted by molar-refractivity contribution is 5.32. The quantitative estimate of drug-likeness (QED) is 0.667. The zero-order valence-corrected chi connectivity index (χ0v) is 13.3. The highest BCUT2D eigenvalue weighted by atomic mass is 19.1. The van der Waals surface area contributed by atoms with Gasteiger partial charge in [0.15, 0.2) is 0 Å². The lowest BCUT2D eigenvalue weighted by molar-refractivity contribution is -0.385. The minimum atomic E-state index is -0.720. The summed E-state index contributed by atoms with van der Waals surface area (Å²) in [6.07, 6.45) is 2.55. The van der Waals surface area contributed by atoms with E-state index < -0.39 is 11.0 Å². The maximum Gasteiger partial charge on any atom is 0.306 e. The first-order valence-corrected chi connectivity index (χ1v) is 7.81. The van der Waals surface area contributed by atoms with E-state index in [0.29, 0.717) is 6.54 Å². The number of hydrogen-bond donors (Lipinski definition) is 1. The Morgan fingerprint density at radius 2 is 2.29 bits per heavy atom. The summed E-state index contributed by atoms with van der Waals surface area (Å²) in [7, 11) is 0. The summed E-state index contributed by atoms with van der Waals surface area (Å²) < 4.78 is 14.8. The van der Waals surface area contributed by atoms with Crippen LogP contribution in [0, 0.1) is 15.9 Å². The minimum Gasteiger partial charge on any atom is -0.390 e. The summed E-state index contributed by atoms with van der Waals surface area (Å²) in [5, 5.41) is 24.8. The van der Waals surface area contributed by atoms with Gasteiger partial charge in [0.1, 0.15) is 18.2 Å². The second kappa shape index (κ2) is 6.66. The smallest absolute Gasteiger partial charge is 0.306 e. The molecule has 0 aliphatic carbocycles. The molecular weight excluding hydrogens is 315 g/mol. The molecule has 0 saturated heterocycles. The largest absolute Gasteiger partial charge is 0.390 e. The lowest BCUT2D eigenvalue weighted by atomic mass is 9.93. The lowest BCUT2D eigenvalue weighted by Crippen LogP contribution is -2.40. The first-order chi connectivity index (χ1) is 11.4. The zero-order chi connectivity index (χ0) is 17.3. The van der Waals surface area contributed by atoms with Crippen LogP contribution in [0.15, 0.2) is 30.6 Å². The fraction of sp³-hybridized carbons (Fsp3) is 0.438. The van der Waals surface area contributed by atoms with Crippen molar-refractivity contribution >= 4 is 5.69 Å². The van der Waals surface area contributed by atoms with Crippen LogP contribution in [0.2, 0.25) is 0 Å². The third-order valence-electron chi connectivity index (χ3n) is 4.45. The highest BCUT2D eigenvalue weighted by Crippen LogP contribution is 2.30. The standard InChI is InChI=1S/C16H19FN4O3/c1-11-16-6-13(17)3-2-12(16)4-5-19(11)9-15(22)10-20-8-14(7-18-20)21(23)24/h2-3,6-8,11,15,22H,4-5,9-10H2,1H3/t11-,15+/m0/s1. The fourth-order valence-electron chi connectivity index (χ4n) is 3.18. The molecule has 2 aromatic rings. The Bertz CT molecular complexity index is 749. The van der Waals surface area contributed by atoms with Crippen molar-refractivity contribution in [1.29, 1.82) is 0 Å². The molecule has 1 aliphatic rings. The van der Waals surface area contributed by atoms with Crippen LogP contribution >= 0.6 is 0 Å². The van der Waals surface area contributed by atoms with Crippen LogP contribution in [-0.2, 0) is 13.0 Å². The van der Waals surface area contributed by atoms with Crippen molar-refractivity contribution in [2.45, 2.75) is 32.0 Å². The van der Waals surface area contributed by atoms with Crippen molar-refractivity contribution in [2.24, 2.45) is 0 Å². The molecule has 0 fully saturated rings. The summed E-state index contributed by atoms with van der Waals surface area (Å²) in [4.78, 5) is 12.2. The Hall–Kier alpha value is -2.32. The number of aliphatic hydroxyl groups is 1. The van der Waals surface area contributed by atoms with E-state index in [2.05, 4.69) is 10.00 Å². The van der Waals surface area contributed by atoms with E-state index in [1.54, 1.807) is 6.07 Å². The first kappa shape index (κ1) is 16.5. The number of benzene rings is 1. The number of nitrogens with zero attached hydrogens (tertiary/aromatic N) is 4. The summed E-state index contributed by atoms with van der Waals surface area (Å²) in [5.74, 6) is -0.258. The van der Waals surface area contributed by atoms with Gasteiger partial charge in [-0.15, -0.1) is 0 Å². The van der Waals surface area contributed by atoms with Gasteiger partial charge in [-0.1, -0.05) is 6.07 Å². The molecule has 0 amide bonds. The monoisotopic (exact) mass is 334 g/mol. The number of hydrogen-bond acceptors (Lipinski definition) is 5. The number of β-amino-alcohol motifs (C(OH)–C–C–N with tert-alkyl or cyclic N) is 1. The molecule has 0 unspecified atom stereocenters. The zero-order valence-electron chi connectivity index (χ0n) is 13.3. The van der Waals surface area contributed by atoms with E-state index >= 15 is 0 Å². The fourth-order valence-corrected chi connectivity index (χ4v) is 3.18. The van der Waals surface area contributed by atoms with Crippen LogP contribution in [0.1, 0.15) is 24.1 Å². The minimum absolute atomic E-state index is 0.00561. The number of fused-ring (bicyclic) bond motifs is 1. The molecule has 1 aliphatic heterocycles. The third kappa shape index (κ3) is 3.44. The molecule has 0 saturated carbocycles. The van der Waals surface area contributed by atoms with Gasteiger partial charge in [-0.05, 0) is 36.6 Å². The highest BCUT2D eigenvalue weighted by Gasteiger charge is 2.26. The summed E-state index contributed by atoms with van der Waals surface area (Å²) in [6.45, 7) is 3.33. The van der Waals surface area contributed by atoms with Gasteiger partial charge in [-0.25, -0.2) is 4.39 Å². The Morgan fingerprint density at radius 1 is 1.50 bits per heavy atom. The van der Waals surface area contributed by atoms with Crippen LogP contribution < -0.4 is 0 Å². The van der Waals surface area contributed by atoms with E-state index in [-0.39, 0.29) is 24.1 Å². The average Bonchev–Trinajstić information content (AvgIpc) is 2.99. The number of nitro groups is 1. The summed E-state index contributed by atoms with van der Waals surface area (Å²) >= 11 is 0. The molecule has 24 heavy (non-hydrogen) atoms. The molecule has 0 spiro atoms. The molecule has 2 heterocycles. The number of rotatable bonds is 5. The Kier molecular flexibility index (Phi) is 4.59. The molecule has 3 rings (SSSR count). The predicted octanol–water partition coefficient (Wildman–Crippen LogP) is 1.91. The Labute approximate surface area is 138 Å². The molecular formula is C16H19FN4O3.